The fourth-order valence-corrected chi connectivity index (χ4v) is 2.35. The molecule has 0 aliphatic heterocycles. The average Bonchev–Trinajstić information content (AvgIpc) is 3.02. The molecular formula is C16H18N4O4S. The van der Waals surface area contributed by atoms with Gasteiger partial charge in [-0.2, -0.15) is 8.94 Å². The van der Waals surface area contributed by atoms with Crippen LogP contribution in [-0.4, -0.2) is 23.5 Å². The molecule has 0 amide bonds. The molecule has 25 heavy (non-hydrogen) atoms. The standard InChI is InChI=1S/C16H18N4O3.OS/c1-3-4-9-19-14-13(15(21)18-16(19)22)20(10-17-14)23-12-7-5-11(2)6-8-12;1-2/h5-8,10H,3-4,9H2,1-2H3,(H,18,21,22);. The third-order valence-electron chi connectivity index (χ3n) is 3.61. The number of aromatic nitrogens is 4. The largest absolute Gasteiger partial charge is 0.373 e. The third kappa shape index (κ3) is 4.00. The van der Waals surface area contributed by atoms with Crippen molar-refractivity contribution in [3.63, 3.8) is 0 Å². The van der Waals surface area contributed by atoms with Crippen molar-refractivity contribution in [2.45, 2.75) is 33.2 Å². The van der Waals surface area contributed by atoms with Gasteiger partial charge >= 0.3 is 5.69 Å². The van der Waals surface area contributed by atoms with Crippen LogP contribution in [0.15, 0.2) is 40.2 Å². The Bertz CT molecular complexity index is 959. The molecule has 0 saturated carbocycles. The number of aromatic amines is 1. The van der Waals surface area contributed by atoms with Gasteiger partial charge in [0.05, 0.1) is 0 Å². The van der Waals surface area contributed by atoms with E-state index < -0.39 is 11.2 Å². The van der Waals surface area contributed by atoms with Crippen LogP contribution in [0.25, 0.3) is 11.2 Å². The lowest BCUT2D eigenvalue weighted by atomic mass is 10.2. The van der Waals surface area contributed by atoms with Gasteiger partial charge in [-0.3, -0.25) is 14.3 Å². The SMILES string of the molecule is CCCCn1c(=O)[nH]c(=O)c2c1ncn2Oc1ccc(C)cc1.O=S. The molecule has 0 saturated heterocycles. The van der Waals surface area contributed by atoms with Gasteiger partial charge in [0.1, 0.15) is 6.33 Å². The summed E-state index contributed by atoms with van der Waals surface area (Å²) in [7, 11) is 0. The smallest absolute Gasteiger partial charge is 0.330 e. The summed E-state index contributed by atoms with van der Waals surface area (Å²) in [6, 6.07) is 7.44. The molecule has 9 heteroatoms. The minimum absolute atomic E-state index is 0.223. The van der Waals surface area contributed by atoms with Crippen molar-refractivity contribution >= 4 is 23.7 Å². The molecule has 0 aliphatic rings. The summed E-state index contributed by atoms with van der Waals surface area (Å²) in [5.41, 5.74) is 0.707. The highest BCUT2D eigenvalue weighted by Gasteiger charge is 2.14. The maximum Gasteiger partial charge on any atom is 0.330 e. The highest BCUT2D eigenvalue weighted by molar-refractivity contribution is 7.44. The Labute approximate surface area is 148 Å². The van der Waals surface area contributed by atoms with Crippen molar-refractivity contribution in [2.75, 3.05) is 0 Å². The average molecular weight is 362 g/mol. The Hall–Kier alpha value is -2.81. The number of unbranched alkanes of at least 4 members (excludes halogenated alkanes) is 1. The van der Waals surface area contributed by atoms with Crippen LogP contribution in [0.5, 0.6) is 5.75 Å². The van der Waals surface area contributed by atoms with Crippen LogP contribution in [0.1, 0.15) is 25.3 Å². The summed E-state index contributed by atoms with van der Waals surface area (Å²) in [5, 5.41) is 0. The van der Waals surface area contributed by atoms with Gasteiger partial charge in [-0.15, -0.1) is 0 Å². The highest BCUT2D eigenvalue weighted by Crippen LogP contribution is 2.14. The molecule has 0 atom stereocenters. The fraction of sp³-hybridized carbons (Fsp3) is 0.312. The molecule has 2 aromatic heterocycles. The molecule has 0 radical (unpaired) electrons. The molecule has 3 aromatic rings. The molecule has 1 N–H and O–H groups in total. The van der Waals surface area contributed by atoms with E-state index in [2.05, 4.69) is 22.5 Å². The molecule has 0 spiro atoms. The van der Waals surface area contributed by atoms with Crippen molar-refractivity contribution in [2.24, 2.45) is 0 Å². The van der Waals surface area contributed by atoms with Gasteiger partial charge in [-0.05, 0) is 25.5 Å². The van der Waals surface area contributed by atoms with Crippen molar-refractivity contribution in [3.05, 3.63) is 57.0 Å². The summed E-state index contributed by atoms with van der Waals surface area (Å²) in [6.45, 7) is 4.52. The van der Waals surface area contributed by atoms with E-state index in [1.165, 1.54) is 15.6 Å². The molecule has 132 valence electrons. The number of fused-ring (bicyclic) bond motifs is 1. The minimum Gasteiger partial charge on any atom is -0.373 e. The summed E-state index contributed by atoms with van der Waals surface area (Å²) in [6.07, 6.45) is 3.17. The van der Waals surface area contributed by atoms with Gasteiger partial charge < -0.3 is 4.84 Å². The number of aryl methyl sites for hydroxylation is 2. The summed E-state index contributed by atoms with van der Waals surface area (Å²) < 4.78 is 10.6. The number of benzene rings is 1. The Kier molecular flexibility index (Phi) is 6.18. The van der Waals surface area contributed by atoms with E-state index in [9.17, 15) is 9.59 Å². The van der Waals surface area contributed by atoms with E-state index in [4.69, 9.17) is 9.05 Å². The first-order valence-corrected chi connectivity index (χ1v) is 8.05. The van der Waals surface area contributed by atoms with Crippen molar-refractivity contribution in [3.8, 4) is 5.75 Å². The Morgan fingerprint density at radius 1 is 1.20 bits per heavy atom. The van der Waals surface area contributed by atoms with E-state index in [1.807, 2.05) is 38.1 Å². The first-order chi connectivity index (χ1) is 12.1. The maximum atomic E-state index is 12.1. The predicted octanol–water partition coefficient (Wildman–Crippen LogP) is 1.50. The van der Waals surface area contributed by atoms with Crippen LogP contribution in [0.4, 0.5) is 0 Å². The third-order valence-corrected chi connectivity index (χ3v) is 3.61. The van der Waals surface area contributed by atoms with Crippen LogP contribution in [-0.2, 0) is 19.1 Å². The molecule has 2 heterocycles. The lowest BCUT2D eigenvalue weighted by molar-refractivity contribution is 0.226. The first-order valence-electron chi connectivity index (χ1n) is 7.72. The Morgan fingerprint density at radius 2 is 1.88 bits per heavy atom. The Morgan fingerprint density at radius 3 is 2.52 bits per heavy atom. The molecule has 1 aromatic carbocycles. The molecule has 8 nitrogen and oxygen atoms in total. The zero-order valence-electron chi connectivity index (χ0n) is 13.9. The number of H-pyrrole nitrogens is 1. The van der Waals surface area contributed by atoms with Crippen LogP contribution >= 0.6 is 0 Å². The van der Waals surface area contributed by atoms with E-state index in [0.717, 1.165) is 18.4 Å². The molecule has 0 aliphatic carbocycles. The number of imidazole rings is 1. The van der Waals surface area contributed by atoms with Crippen LogP contribution in [0.2, 0.25) is 0 Å². The monoisotopic (exact) mass is 362 g/mol. The lowest BCUT2D eigenvalue weighted by Crippen LogP contribution is -2.31. The van der Waals surface area contributed by atoms with Gasteiger partial charge in [0, 0.05) is 6.54 Å². The number of hydrogen-bond donors (Lipinski definition) is 1. The normalized spacial score (nSPS) is 10.3. The quantitative estimate of drug-likeness (QED) is 0.738. The van der Waals surface area contributed by atoms with Crippen LogP contribution in [0.3, 0.4) is 0 Å². The van der Waals surface area contributed by atoms with Crippen LogP contribution in [0, 0.1) is 6.92 Å². The molecule has 0 unspecified atom stereocenters. The van der Waals surface area contributed by atoms with Gasteiger partial charge in [0.15, 0.2) is 29.4 Å². The number of rotatable bonds is 5. The highest BCUT2D eigenvalue weighted by atomic mass is 32.1. The van der Waals surface area contributed by atoms with E-state index >= 15 is 0 Å². The van der Waals surface area contributed by atoms with Crippen molar-refractivity contribution in [1.82, 2.24) is 19.3 Å². The van der Waals surface area contributed by atoms with Crippen molar-refractivity contribution < 1.29 is 9.05 Å². The van der Waals surface area contributed by atoms with Crippen LogP contribution < -0.4 is 16.1 Å². The minimum atomic E-state index is -0.512. The Balaban J connectivity index is 0.00000109. The second-order valence-electron chi connectivity index (χ2n) is 5.41. The fourth-order valence-electron chi connectivity index (χ4n) is 2.35. The van der Waals surface area contributed by atoms with Gasteiger partial charge in [-0.25, -0.2) is 9.78 Å². The zero-order valence-corrected chi connectivity index (χ0v) is 14.7. The second-order valence-corrected chi connectivity index (χ2v) is 5.41. The van der Waals surface area contributed by atoms with Gasteiger partial charge in [0.2, 0.25) is 0 Å². The first kappa shape index (κ1) is 18.5. The summed E-state index contributed by atoms with van der Waals surface area (Å²) >= 11 is 2.83. The molecule has 0 bridgehead atoms. The molecule has 0 fully saturated rings. The zero-order chi connectivity index (χ0) is 18.4. The van der Waals surface area contributed by atoms with E-state index in [1.54, 1.807) is 0 Å². The summed E-state index contributed by atoms with van der Waals surface area (Å²) in [4.78, 5) is 36.3. The number of nitrogens with zero attached hydrogens (tertiary/aromatic N) is 3. The maximum absolute atomic E-state index is 12.1. The lowest BCUT2D eigenvalue weighted by Gasteiger charge is -2.08. The van der Waals surface area contributed by atoms with E-state index in [0.29, 0.717) is 17.9 Å². The van der Waals surface area contributed by atoms with Gasteiger partial charge in [0.25, 0.3) is 5.56 Å². The van der Waals surface area contributed by atoms with Crippen molar-refractivity contribution in [1.29, 1.82) is 0 Å². The number of hydrogen-bond acceptors (Lipinski definition) is 6. The molecule has 3 rings (SSSR count). The van der Waals surface area contributed by atoms with E-state index in [-0.39, 0.29) is 5.52 Å². The van der Waals surface area contributed by atoms with Gasteiger partial charge in [-0.1, -0.05) is 31.0 Å². The molecular weight excluding hydrogens is 344 g/mol. The number of nitrogens with one attached hydrogen (secondary N) is 1. The summed E-state index contributed by atoms with van der Waals surface area (Å²) in [5.74, 6) is 0.584. The topological polar surface area (TPSA) is 99.0 Å². The second kappa shape index (κ2) is 8.34. The predicted molar refractivity (Wildman–Crippen MR) is 94.9 cm³/mol.